The van der Waals surface area contributed by atoms with Crippen molar-refractivity contribution in [2.24, 2.45) is 0 Å². The molecule has 6 nitrogen and oxygen atoms in total. The Balaban J connectivity index is 1.66. The number of rotatable bonds is 7. The molecule has 6 heteroatoms. The number of methoxy groups -OCH3 is 1. The van der Waals surface area contributed by atoms with E-state index >= 15 is 0 Å². The zero-order valence-electron chi connectivity index (χ0n) is 15.8. The molecule has 1 heterocycles. The number of benzene rings is 1. The molecule has 0 bridgehead atoms. The van der Waals surface area contributed by atoms with Gasteiger partial charge >= 0.3 is 0 Å². The summed E-state index contributed by atoms with van der Waals surface area (Å²) in [6.45, 7) is 2.56. The van der Waals surface area contributed by atoms with Gasteiger partial charge in [-0.2, -0.15) is 5.10 Å². The smallest absolute Gasteiger partial charge is 0.245 e. The summed E-state index contributed by atoms with van der Waals surface area (Å²) in [5.74, 6) is 0.844. The lowest BCUT2D eigenvalue weighted by Gasteiger charge is -2.24. The maximum absolute atomic E-state index is 12.9. The molecule has 3 rings (SSSR count). The maximum atomic E-state index is 12.9. The van der Waals surface area contributed by atoms with Crippen LogP contribution in [0, 0.1) is 0 Å². The summed E-state index contributed by atoms with van der Waals surface area (Å²) < 4.78 is 5.25. The summed E-state index contributed by atoms with van der Waals surface area (Å²) in [4.78, 5) is 14.7. The van der Waals surface area contributed by atoms with E-state index in [1.54, 1.807) is 12.0 Å². The lowest BCUT2D eigenvalue weighted by atomic mass is 9.96. The lowest BCUT2D eigenvalue weighted by Crippen LogP contribution is -2.40. The third kappa shape index (κ3) is 4.00. The quantitative estimate of drug-likeness (QED) is 0.799. The fraction of sp³-hybridized carbons (Fsp3) is 0.500. The molecule has 140 valence electrons. The van der Waals surface area contributed by atoms with Crippen molar-refractivity contribution in [1.29, 1.82) is 0 Å². The molecule has 1 atom stereocenters. The number of hydrogen-bond acceptors (Lipinski definition) is 4. The third-order valence-corrected chi connectivity index (χ3v) is 5.02. The van der Waals surface area contributed by atoms with Crippen molar-refractivity contribution < 1.29 is 9.53 Å². The van der Waals surface area contributed by atoms with E-state index in [-0.39, 0.29) is 11.9 Å². The summed E-state index contributed by atoms with van der Waals surface area (Å²) in [6.07, 6.45) is 5.24. The van der Waals surface area contributed by atoms with E-state index in [0.717, 1.165) is 30.0 Å². The van der Waals surface area contributed by atoms with Crippen LogP contribution in [0.3, 0.4) is 0 Å². The van der Waals surface area contributed by atoms with Gasteiger partial charge in [-0.1, -0.05) is 13.0 Å². The standard InChI is InChI=1S/C20H28N4O2/c1-4-17(21-14-8-7-9-15(12-14)26-3)20(25)24(2)13-19-16-10-5-6-11-18(16)22-23-19/h7-9,12,17,21H,4-6,10-11,13H2,1-3H3,(H,22,23)/t17-/m1/s1. The fourth-order valence-corrected chi connectivity index (χ4v) is 3.50. The van der Waals surface area contributed by atoms with E-state index in [9.17, 15) is 4.79 Å². The minimum Gasteiger partial charge on any atom is -0.497 e. The number of nitrogens with one attached hydrogen (secondary N) is 2. The number of amides is 1. The molecule has 1 aromatic heterocycles. The van der Waals surface area contributed by atoms with Crippen molar-refractivity contribution in [3.05, 3.63) is 41.2 Å². The van der Waals surface area contributed by atoms with Gasteiger partial charge in [-0.05, 0) is 49.8 Å². The van der Waals surface area contributed by atoms with E-state index < -0.39 is 0 Å². The van der Waals surface area contributed by atoms with Crippen LogP contribution in [0.1, 0.15) is 43.1 Å². The molecule has 2 N–H and O–H groups in total. The molecule has 0 spiro atoms. The van der Waals surface area contributed by atoms with Crippen molar-refractivity contribution >= 4 is 11.6 Å². The highest BCUT2D eigenvalue weighted by molar-refractivity contribution is 5.84. The number of carbonyl (C=O) groups excluding carboxylic acids is 1. The Bertz CT molecular complexity index is 756. The molecule has 1 aliphatic rings. The van der Waals surface area contributed by atoms with Gasteiger partial charge in [0.1, 0.15) is 11.8 Å². The predicted molar refractivity (Wildman–Crippen MR) is 102 cm³/mol. The van der Waals surface area contributed by atoms with Gasteiger partial charge in [0.2, 0.25) is 5.91 Å². The van der Waals surface area contributed by atoms with E-state index in [2.05, 4.69) is 15.5 Å². The van der Waals surface area contributed by atoms with Gasteiger partial charge in [0, 0.05) is 24.5 Å². The number of carbonyl (C=O) groups is 1. The van der Waals surface area contributed by atoms with E-state index in [1.807, 2.05) is 38.2 Å². The second-order valence-corrected chi connectivity index (χ2v) is 6.87. The summed E-state index contributed by atoms with van der Waals surface area (Å²) in [7, 11) is 3.49. The molecule has 1 aromatic carbocycles. The summed E-state index contributed by atoms with van der Waals surface area (Å²) >= 11 is 0. The molecule has 0 radical (unpaired) electrons. The van der Waals surface area contributed by atoms with Crippen molar-refractivity contribution in [3.8, 4) is 5.75 Å². The van der Waals surface area contributed by atoms with Gasteiger partial charge in [0.05, 0.1) is 19.3 Å². The number of likely N-dealkylation sites (N-methyl/N-ethyl adjacent to an activating group) is 1. The fourth-order valence-electron chi connectivity index (χ4n) is 3.50. The molecular weight excluding hydrogens is 328 g/mol. The number of anilines is 1. The first kappa shape index (κ1) is 18.3. The number of aromatic amines is 1. The van der Waals surface area contributed by atoms with Crippen LogP contribution in [0.25, 0.3) is 0 Å². The highest BCUT2D eigenvalue weighted by atomic mass is 16.5. The van der Waals surface area contributed by atoms with Gasteiger partial charge in [0.15, 0.2) is 0 Å². The van der Waals surface area contributed by atoms with Crippen LogP contribution >= 0.6 is 0 Å². The lowest BCUT2D eigenvalue weighted by molar-refractivity contribution is -0.131. The van der Waals surface area contributed by atoms with Crippen molar-refractivity contribution in [2.75, 3.05) is 19.5 Å². The van der Waals surface area contributed by atoms with Crippen LogP contribution in [-0.4, -0.2) is 41.2 Å². The van der Waals surface area contributed by atoms with Crippen LogP contribution in [0.5, 0.6) is 5.75 Å². The molecule has 0 aliphatic heterocycles. The number of aryl methyl sites for hydroxylation is 1. The average Bonchev–Trinajstić information content (AvgIpc) is 3.08. The second kappa shape index (κ2) is 8.25. The highest BCUT2D eigenvalue weighted by Gasteiger charge is 2.23. The normalized spacial score (nSPS) is 14.4. The van der Waals surface area contributed by atoms with Crippen LogP contribution in [-0.2, 0) is 24.2 Å². The number of ether oxygens (including phenoxy) is 1. The topological polar surface area (TPSA) is 70.2 Å². The maximum Gasteiger partial charge on any atom is 0.245 e. The average molecular weight is 356 g/mol. The van der Waals surface area contributed by atoms with Crippen LogP contribution in [0.15, 0.2) is 24.3 Å². The Kier molecular flexibility index (Phi) is 5.81. The van der Waals surface area contributed by atoms with E-state index in [4.69, 9.17) is 4.74 Å². The Hall–Kier alpha value is -2.50. The highest BCUT2D eigenvalue weighted by Crippen LogP contribution is 2.23. The SMILES string of the molecule is CC[C@@H](Nc1cccc(OC)c1)C(=O)N(C)Cc1n[nH]c2c1CCCC2. The van der Waals surface area contributed by atoms with Crippen LogP contribution in [0.2, 0.25) is 0 Å². The first-order valence-corrected chi connectivity index (χ1v) is 9.33. The number of fused-ring (bicyclic) bond motifs is 1. The zero-order valence-corrected chi connectivity index (χ0v) is 15.8. The van der Waals surface area contributed by atoms with Crippen LogP contribution in [0.4, 0.5) is 5.69 Å². The molecule has 2 aromatic rings. The molecule has 0 saturated carbocycles. The van der Waals surface area contributed by atoms with Gasteiger partial charge in [0.25, 0.3) is 0 Å². The number of H-pyrrole nitrogens is 1. The zero-order chi connectivity index (χ0) is 18.5. The van der Waals surface area contributed by atoms with Gasteiger partial charge in [-0.25, -0.2) is 0 Å². The van der Waals surface area contributed by atoms with Gasteiger partial charge in [-0.3, -0.25) is 9.89 Å². The minimum atomic E-state index is -0.276. The van der Waals surface area contributed by atoms with Gasteiger partial charge in [-0.15, -0.1) is 0 Å². The summed E-state index contributed by atoms with van der Waals surface area (Å²) in [5, 5.41) is 10.9. The molecule has 0 fully saturated rings. The summed E-state index contributed by atoms with van der Waals surface area (Å²) in [5.41, 5.74) is 4.44. The molecule has 1 amide bonds. The van der Waals surface area contributed by atoms with E-state index in [0.29, 0.717) is 13.0 Å². The Labute approximate surface area is 154 Å². The van der Waals surface area contributed by atoms with Crippen LogP contribution < -0.4 is 10.1 Å². The summed E-state index contributed by atoms with van der Waals surface area (Å²) in [6, 6.07) is 7.38. The second-order valence-electron chi connectivity index (χ2n) is 6.87. The number of nitrogens with zero attached hydrogens (tertiary/aromatic N) is 2. The molecular formula is C20H28N4O2. The minimum absolute atomic E-state index is 0.0721. The number of aromatic nitrogens is 2. The Morgan fingerprint density at radius 1 is 1.38 bits per heavy atom. The Morgan fingerprint density at radius 2 is 2.19 bits per heavy atom. The van der Waals surface area contributed by atoms with Crippen molar-refractivity contribution in [2.45, 2.75) is 51.6 Å². The molecule has 26 heavy (non-hydrogen) atoms. The molecule has 0 unspecified atom stereocenters. The van der Waals surface area contributed by atoms with Gasteiger partial charge < -0.3 is 15.0 Å². The first-order valence-electron chi connectivity index (χ1n) is 9.33. The first-order chi connectivity index (χ1) is 12.6. The number of hydrogen-bond donors (Lipinski definition) is 2. The third-order valence-electron chi connectivity index (χ3n) is 5.02. The Morgan fingerprint density at radius 3 is 2.96 bits per heavy atom. The van der Waals surface area contributed by atoms with Crippen molar-refractivity contribution in [1.82, 2.24) is 15.1 Å². The predicted octanol–water partition coefficient (Wildman–Crippen LogP) is 3.15. The molecule has 1 aliphatic carbocycles. The molecule has 0 saturated heterocycles. The van der Waals surface area contributed by atoms with E-state index in [1.165, 1.54) is 24.1 Å². The monoisotopic (exact) mass is 356 g/mol. The van der Waals surface area contributed by atoms with Crippen molar-refractivity contribution in [3.63, 3.8) is 0 Å². The largest absolute Gasteiger partial charge is 0.497 e.